The van der Waals surface area contributed by atoms with Gasteiger partial charge in [0.1, 0.15) is 0 Å². The first kappa shape index (κ1) is 14.0. The van der Waals surface area contributed by atoms with Crippen molar-refractivity contribution in [2.24, 2.45) is 11.8 Å². The molecule has 3 atom stereocenters. The molecule has 0 heterocycles. The lowest BCUT2D eigenvalue weighted by Gasteiger charge is -2.33. The zero-order valence-electron chi connectivity index (χ0n) is 10.6. The number of halogens is 3. The highest BCUT2D eigenvalue weighted by Gasteiger charge is 2.28. The van der Waals surface area contributed by atoms with Crippen molar-refractivity contribution in [3.8, 4) is 0 Å². The van der Waals surface area contributed by atoms with Crippen LogP contribution in [0.15, 0.2) is 18.2 Å². The van der Waals surface area contributed by atoms with Crippen molar-refractivity contribution in [2.75, 3.05) is 0 Å². The van der Waals surface area contributed by atoms with E-state index in [0.717, 1.165) is 17.9 Å². The van der Waals surface area contributed by atoms with Crippen LogP contribution in [0.25, 0.3) is 0 Å². The van der Waals surface area contributed by atoms with Crippen molar-refractivity contribution in [1.29, 1.82) is 0 Å². The van der Waals surface area contributed by atoms with Gasteiger partial charge >= 0.3 is 0 Å². The Labute approximate surface area is 116 Å². The molecule has 1 aliphatic carbocycles. The van der Waals surface area contributed by atoms with E-state index in [-0.39, 0.29) is 0 Å². The van der Waals surface area contributed by atoms with Gasteiger partial charge < -0.3 is 0 Å². The highest BCUT2D eigenvalue weighted by atomic mass is 79.9. The Hall–Kier alpha value is -0.440. The smallest absolute Gasteiger partial charge is 0.159 e. The summed E-state index contributed by atoms with van der Waals surface area (Å²) in [5.74, 6) is -0.173. The Kier molecular flexibility index (Phi) is 4.77. The summed E-state index contributed by atoms with van der Waals surface area (Å²) < 4.78 is 26.1. The summed E-state index contributed by atoms with van der Waals surface area (Å²) in [5.41, 5.74) is 0.903. The average molecular weight is 317 g/mol. The Morgan fingerprint density at radius 2 is 2.00 bits per heavy atom. The fourth-order valence-electron chi connectivity index (χ4n) is 2.88. The van der Waals surface area contributed by atoms with Crippen molar-refractivity contribution in [3.63, 3.8) is 0 Å². The van der Waals surface area contributed by atoms with E-state index in [9.17, 15) is 8.78 Å². The van der Waals surface area contributed by atoms with E-state index in [1.807, 2.05) is 0 Å². The predicted molar refractivity (Wildman–Crippen MR) is 73.9 cm³/mol. The van der Waals surface area contributed by atoms with Crippen LogP contribution in [0.1, 0.15) is 38.2 Å². The van der Waals surface area contributed by atoms with Gasteiger partial charge in [-0.2, -0.15) is 0 Å². The molecule has 0 spiro atoms. The molecule has 3 unspecified atom stereocenters. The molecule has 1 aliphatic rings. The molecule has 0 N–H and O–H groups in total. The van der Waals surface area contributed by atoms with Gasteiger partial charge in [-0.05, 0) is 55.2 Å². The Bertz CT molecular complexity index is 405. The molecule has 1 aromatic rings. The van der Waals surface area contributed by atoms with E-state index >= 15 is 0 Å². The molecular formula is C15H19BrF2. The number of rotatable bonds is 3. The molecule has 3 heteroatoms. The fraction of sp³-hybridized carbons (Fsp3) is 0.600. The van der Waals surface area contributed by atoms with Crippen LogP contribution in [0.5, 0.6) is 0 Å². The Balaban J connectivity index is 2.04. The van der Waals surface area contributed by atoms with Gasteiger partial charge in [-0.1, -0.05) is 35.3 Å². The summed E-state index contributed by atoms with van der Waals surface area (Å²) in [5, 5.41) is 0. The summed E-state index contributed by atoms with van der Waals surface area (Å²) in [4.78, 5) is 0.508. The van der Waals surface area contributed by atoms with Crippen LogP contribution in [0.3, 0.4) is 0 Å². The maximum Gasteiger partial charge on any atom is 0.159 e. The van der Waals surface area contributed by atoms with Gasteiger partial charge in [0, 0.05) is 4.83 Å². The first-order valence-electron chi connectivity index (χ1n) is 6.68. The minimum atomic E-state index is -0.760. The van der Waals surface area contributed by atoms with Crippen LogP contribution in [-0.4, -0.2) is 4.83 Å². The van der Waals surface area contributed by atoms with Gasteiger partial charge in [-0.3, -0.25) is 0 Å². The normalized spacial score (nSPS) is 28.3. The zero-order valence-corrected chi connectivity index (χ0v) is 12.2. The van der Waals surface area contributed by atoms with Gasteiger partial charge in [-0.25, -0.2) is 8.78 Å². The molecule has 1 fully saturated rings. The molecule has 0 aromatic heterocycles. The number of benzene rings is 1. The molecular weight excluding hydrogens is 298 g/mol. The van der Waals surface area contributed by atoms with Gasteiger partial charge in [-0.15, -0.1) is 0 Å². The molecule has 0 radical (unpaired) electrons. The first-order chi connectivity index (χ1) is 8.60. The van der Waals surface area contributed by atoms with Crippen molar-refractivity contribution in [1.82, 2.24) is 0 Å². The minimum Gasteiger partial charge on any atom is -0.204 e. The van der Waals surface area contributed by atoms with Gasteiger partial charge in [0.05, 0.1) is 0 Å². The van der Waals surface area contributed by atoms with E-state index in [1.54, 1.807) is 6.07 Å². The fourth-order valence-corrected chi connectivity index (χ4v) is 3.54. The Morgan fingerprint density at radius 3 is 2.67 bits per heavy atom. The lowest BCUT2D eigenvalue weighted by Crippen LogP contribution is -2.26. The summed E-state index contributed by atoms with van der Waals surface area (Å²) in [6, 6.07) is 4.27. The monoisotopic (exact) mass is 316 g/mol. The molecule has 0 amide bonds. The van der Waals surface area contributed by atoms with Crippen molar-refractivity contribution >= 4 is 15.9 Å². The lowest BCUT2D eigenvalue weighted by atomic mass is 9.77. The van der Waals surface area contributed by atoms with Crippen molar-refractivity contribution < 1.29 is 8.78 Å². The molecule has 0 bridgehead atoms. The molecule has 0 saturated heterocycles. The minimum absolute atomic E-state index is 0.508. The van der Waals surface area contributed by atoms with Gasteiger partial charge in [0.25, 0.3) is 0 Å². The maximum atomic E-state index is 13.2. The average Bonchev–Trinajstić information content (AvgIpc) is 2.36. The van der Waals surface area contributed by atoms with Crippen LogP contribution in [0.2, 0.25) is 0 Å². The van der Waals surface area contributed by atoms with Gasteiger partial charge in [0.15, 0.2) is 11.6 Å². The van der Waals surface area contributed by atoms with Crippen molar-refractivity contribution in [3.05, 3.63) is 35.4 Å². The highest BCUT2D eigenvalue weighted by Crippen LogP contribution is 2.37. The summed E-state index contributed by atoms with van der Waals surface area (Å²) >= 11 is 3.73. The molecule has 0 aliphatic heterocycles. The second kappa shape index (κ2) is 6.14. The van der Waals surface area contributed by atoms with Crippen LogP contribution < -0.4 is 0 Å². The zero-order chi connectivity index (χ0) is 13.1. The van der Waals surface area contributed by atoms with Crippen LogP contribution in [0, 0.1) is 23.5 Å². The first-order valence-corrected chi connectivity index (χ1v) is 7.59. The van der Waals surface area contributed by atoms with E-state index in [2.05, 4.69) is 22.9 Å². The molecule has 0 nitrogen and oxygen atoms in total. The predicted octanol–water partition coefficient (Wildman–Crippen LogP) is 5.10. The number of hydrogen-bond acceptors (Lipinski definition) is 0. The van der Waals surface area contributed by atoms with E-state index in [4.69, 9.17) is 0 Å². The molecule has 100 valence electrons. The third-order valence-corrected chi connectivity index (χ3v) is 5.26. The topological polar surface area (TPSA) is 0 Å². The highest BCUT2D eigenvalue weighted by molar-refractivity contribution is 9.09. The summed E-state index contributed by atoms with van der Waals surface area (Å²) in [6.45, 7) is 2.23. The van der Waals surface area contributed by atoms with Crippen LogP contribution >= 0.6 is 15.9 Å². The van der Waals surface area contributed by atoms with E-state index < -0.39 is 11.6 Å². The number of alkyl halides is 1. The second-order valence-electron chi connectivity index (χ2n) is 5.32. The molecule has 18 heavy (non-hydrogen) atoms. The molecule has 1 aromatic carbocycles. The second-order valence-corrected chi connectivity index (χ2v) is 6.49. The van der Waals surface area contributed by atoms with E-state index in [1.165, 1.54) is 37.8 Å². The van der Waals surface area contributed by atoms with Gasteiger partial charge in [0.2, 0.25) is 0 Å². The third-order valence-electron chi connectivity index (χ3n) is 4.06. The van der Waals surface area contributed by atoms with Crippen LogP contribution in [0.4, 0.5) is 8.78 Å². The van der Waals surface area contributed by atoms with E-state index in [0.29, 0.717) is 10.7 Å². The summed E-state index contributed by atoms with van der Waals surface area (Å²) in [7, 11) is 0. The van der Waals surface area contributed by atoms with Crippen LogP contribution in [-0.2, 0) is 6.42 Å². The largest absolute Gasteiger partial charge is 0.204 e. The Morgan fingerprint density at radius 1 is 1.22 bits per heavy atom. The third kappa shape index (κ3) is 3.31. The van der Waals surface area contributed by atoms with Crippen molar-refractivity contribution in [2.45, 2.75) is 43.9 Å². The molecule has 2 rings (SSSR count). The standard InChI is InChI=1S/C15H19BrF2/c1-2-10-3-5-13(16)12(7-10)8-11-4-6-14(17)15(18)9-11/h4,6,9-10,12-13H,2-3,5,7-8H2,1H3. The molecule has 1 saturated carbocycles. The summed E-state index contributed by atoms with van der Waals surface area (Å²) in [6.07, 6.45) is 5.70. The maximum absolute atomic E-state index is 13.2. The SMILES string of the molecule is CCC1CCC(Br)C(Cc2ccc(F)c(F)c2)C1. The number of hydrogen-bond donors (Lipinski definition) is 0. The lowest BCUT2D eigenvalue weighted by molar-refractivity contribution is 0.271. The quantitative estimate of drug-likeness (QED) is 0.681.